The molecule has 154 valence electrons. The van der Waals surface area contributed by atoms with Crippen LogP contribution in [0, 0.1) is 20.8 Å². The molecule has 1 heterocycles. The van der Waals surface area contributed by atoms with Crippen molar-refractivity contribution in [3.05, 3.63) is 52.7 Å². The van der Waals surface area contributed by atoms with Gasteiger partial charge in [-0.15, -0.1) is 24.0 Å². The van der Waals surface area contributed by atoms with Gasteiger partial charge < -0.3 is 15.1 Å². The average molecular weight is 496 g/mol. The van der Waals surface area contributed by atoms with E-state index in [2.05, 4.69) is 51.8 Å². The molecular formula is C22H33IN4O. The van der Waals surface area contributed by atoms with Crippen LogP contribution in [0.5, 0.6) is 0 Å². The fourth-order valence-electron chi connectivity index (χ4n) is 4.19. The maximum atomic E-state index is 5.65. The molecule has 0 spiro atoms. The maximum absolute atomic E-state index is 5.65. The van der Waals surface area contributed by atoms with E-state index in [4.69, 9.17) is 4.42 Å². The highest BCUT2D eigenvalue weighted by Crippen LogP contribution is 2.40. The molecule has 1 aromatic heterocycles. The second-order valence-electron chi connectivity index (χ2n) is 7.68. The highest BCUT2D eigenvalue weighted by molar-refractivity contribution is 14.0. The van der Waals surface area contributed by atoms with Gasteiger partial charge in [-0.25, -0.2) is 4.98 Å². The highest BCUT2D eigenvalue weighted by Gasteiger charge is 2.35. The Bertz CT molecular complexity index is 774. The summed E-state index contributed by atoms with van der Waals surface area (Å²) in [4.78, 5) is 8.82. The Hall–Kier alpha value is -1.57. The third-order valence-electron chi connectivity index (χ3n) is 5.82. The van der Waals surface area contributed by atoms with E-state index in [1.165, 1.54) is 43.2 Å². The van der Waals surface area contributed by atoms with Crippen molar-refractivity contribution in [3.63, 3.8) is 0 Å². The van der Waals surface area contributed by atoms with Crippen molar-refractivity contribution < 1.29 is 4.42 Å². The number of aliphatic imine (C=N–C) groups is 1. The summed E-state index contributed by atoms with van der Waals surface area (Å²) in [6.45, 7) is 7.55. The van der Waals surface area contributed by atoms with Crippen molar-refractivity contribution in [3.8, 4) is 0 Å². The molecule has 0 aliphatic heterocycles. The first-order valence-electron chi connectivity index (χ1n) is 9.97. The first-order valence-corrected chi connectivity index (χ1v) is 9.97. The van der Waals surface area contributed by atoms with Gasteiger partial charge in [0.15, 0.2) is 5.96 Å². The maximum Gasteiger partial charge on any atom is 0.214 e. The van der Waals surface area contributed by atoms with E-state index >= 15 is 0 Å². The predicted molar refractivity (Wildman–Crippen MR) is 126 cm³/mol. The molecule has 2 aromatic rings. The minimum Gasteiger partial charge on any atom is -0.444 e. The van der Waals surface area contributed by atoms with Crippen LogP contribution >= 0.6 is 24.0 Å². The van der Waals surface area contributed by atoms with Crippen molar-refractivity contribution in [2.45, 2.75) is 64.8 Å². The lowest BCUT2D eigenvalue weighted by Gasteiger charge is -2.39. The van der Waals surface area contributed by atoms with Crippen molar-refractivity contribution in [2.24, 2.45) is 4.99 Å². The molecule has 1 saturated carbocycles. The Kier molecular flexibility index (Phi) is 8.34. The first kappa shape index (κ1) is 22.7. The van der Waals surface area contributed by atoms with Gasteiger partial charge in [-0.1, -0.05) is 43.5 Å². The summed E-state index contributed by atoms with van der Waals surface area (Å²) >= 11 is 0. The molecule has 3 rings (SSSR count). The standard InChI is InChI=1S/C22H32N4O.HI/c1-16-10-6-7-11-19(16)22(12-8-5-9-13-22)15-25-21(23-4)24-14-20-26-17(2)18(3)27-20;/h6-7,10-11H,5,8-9,12-15H2,1-4H3,(H2,23,24,25);1H. The van der Waals surface area contributed by atoms with Gasteiger partial charge >= 0.3 is 0 Å². The molecule has 1 aliphatic rings. The van der Waals surface area contributed by atoms with Gasteiger partial charge in [-0.3, -0.25) is 4.99 Å². The van der Waals surface area contributed by atoms with Crippen molar-refractivity contribution >= 4 is 29.9 Å². The van der Waals surface area contributed by atoms with E-state index in [1.807, 2.05) is 20.9 Å². The predicted octanol–water partition coefficient (Wildman–Crippen LogP) is 4.78. The highest BCUT2D eigenvalue weighted by atomic mass is 127. The molecule has 1 aromatic carbocycles. The first-order chi connectivity index (χ1) is 13.0. The van der Waals surface area contributed by atoms with E-state index in [9.17, 15) is 0 Å². The molecule has 1 aliphatic carbocycles. The minimum absolute atomic E-state index is 0. The van der Waals surface area contributed by atoms with Crippen LogP contribution in [-0.2, 0) is 12.0 Å². The van der Waals surface area contributed by atoms with Crippen molar-refractivity contribution in [2.75, 3.05) is 13.6 Å². The Morgan fingerprint density at radius 3 is 2.43 bits per heavy atom. The van der Waals surface area contributed by atoms with Crippen LogP contribution in [0.25, 0.3) is 0 Å². The zero-order valence-corrected chi connectivity index (χ0v) is 19.8. The molecule has 0 saturated heterocycles. The lowest BCUT2D eigenvalue weighted by atomic mass is 9.68. The van der Waals surface area contributed by atoms with Crippen LogP contribution in [0.15, 0.2) is 33.7 Å². The summed E-state index contributed by atoms with van der Waals surface area (Å²) < 4.78 is 5.65. The third kappa shape index (κ3) is 5.27. The van der Waals surface area contributed by atoms with Gasteiger partial charge in [0.05, 0.1) is 12.2 Å². The fourth-order valence-corrected chi connectivity index (χ4v) is 4.19. The van der Waals surface area contributed by atoms with E-state index < -0.39 is 0 Å². The van der Waals surface area contributed by atoms with E-state index in [0.29, 0.717) is 12.4 Å². The van der Waals surface area contributed by atoms with Gasteiger partial charge in [0.2, 0.25) is 5.89 Å². The summed E-state index contributed by atoms with van der Waals surface area (Å²) in [6, 6.07) is 8.82. The number of hydrogen-bond donors (Lipinski definition) is 2. The summed E-state index contributed by atoms with van der Waals surface area (Å²) in [5.74, 6) is 2.36. The summed E-state index contributed by atoms with van der Waals surface area (Å²) in [5, 5.41) is 6.90. The van der Waals surface area contributed by atoms with Gasteiger partial charge in [0.1, 0.15) is 5.76 Å². The van der Waals surface area contributed by atoms with Gasteiger partial charge in [0.25, 0.3) is 0 Å². The number of halogens is 1. The van der Waals surface area contributed by atoms with Crippen LogP contribution in [-0.4, -0.2) is 24.5 Å². The molecule has 0 amide bonds. The quantitative estimate of drug-likeness (QED) is 0.355. The Morgan fingerprint density at radius 2 is 1.82 bits per heavy atom. The topological polar surface area (TPSA) is 62.5 Å². The lowest BCUT2D eigenvalue weighted by molar-refractivity contribution is 0.290. The average Bonchev–Trinajstić information content (AvgIpc) is 3.00. The van der Waals surface area contributed by atoms with Crippen LogP contribution in [0.4, 0.5) is 0 Å². The molecule has 0 atom stereocenters. The molecule has 1 fully saturated rings. The molecular weight excluding hydrogens is 463 g/mol. The molecule has 0 bridgehead atoms. The lowest BCUT2D eigenvalue weighted by Crippen LogP contribution is -2.46. The van der Waals surface area contributed by atoms with Gasteiger partial charge in [-0.05, 0) is 44.7 Å². The second kappa shape index (κ2) is 10.3. The van der Waals surface area contributed by atoms with E-state index in [1.54, 1.807) is 0 Å². The SMILES string of the molecule is CN=C(NCc1nc(C)c(C)o1)NCC1(c2ccccc2C)CCCCC1.I. The van der Waals surface area contributed by atoms with Crippen LogP contribution in [0.2, 0.25) is 0 Å². The third-order valence-corrected chi connectivity index (χ3v) is 5.82. The van der Waals surface area contributed by atoms with Crippen LogP contribution in [0.3, 0.4) is 0 Å². The molecule has 0 unspecified atom stereocenters. The zero-order valence-electron chi connectivity index (χ0n) is 17.5. The second-order valence-corrected chi connectivity index (χ2v) is 7.68. The number of aromatic nitrogens is 1. The number of oxazole rings is 1. The normalized spacial score (nSPS) is 16.4. The summed E-state index contributed by atoms with van der Waals surface area (Å²) in [5.41, 5.74) is 3.98. The smallest absolute Gasteiger partial charge is 0.214 e. The van der Waals surface area contributed by atoms with Crippen molar-refractivity contribution in [1.82, 2.24) is 15.6 Å². The minimum atomic E-state index is 0. The zero-order chi connectivity index (χ0) is 19.3. The number of hydrogen-bond acceptors (Lipinski definition) is 3. The van der Waals surface area contributed by atoms with Crippen LogP contribution < -0.4 is 10.6 Å². The molecule has 28 heavy (non-hydrogen) atoms. The monoisotopic (exact) mass is 496 g/mol. The number of aryl methyl sites for hydroxylation is 3. The Morgan fingerprint density at radius 1 is 1.11 bits per heavy atom. The molecule has 0 radical (unpaired) electrons. The molecule has 5 nitrogen and oxygen atoms in total. The van der Waals surface area contributed by atoms with E-state index in [-0.39, 0.29) is 29.4 Å². The largest absolute Gasteiger partial charge is 0.444 e. The summed E-state index contributed by atoms with van der Waals surface area (Å²) in [7, 11) is 1.81. The van der Waals surface area contributed by atoms with Gasteiger partial charge in [0, 0.05) is 19.0 Å². The molecule has 2 N–H and O–H groups in total. The van der Waals surface area contributed by atoms with Gasteiger partial charge in [-0.2, -0.15) is 0 Å². The Balaban J connectivity index is 0.00000280. The Labute approximate surface area is 185 Å². The number of nitrogens with zero attached hydrogens (tertiary/aromatic N) is 2. The van der Waals surface area contributed by atoms with E-state index in [0.717, 1.165) is 24.0 Å². The fraction of sp³-hybridized carbons (Fsp3) is 0.545. The number of guanidine groups is 1. The van der Waals surface area contributed by atoms with Crippen molar-refractivity contribution in [1.29, 1.82) is 0 Å². The number of benzene rings is 1. The van der Waals surface area contributed by atoms with Crippen LogP contribution in [0.1, 0.15) is 60.6 Å². The number of rotatable bonds is 5. The summed E-state index contributed by atoms with van der Waals surface area (Å²) in [6.07, 6.45) is 6.36. The number of nitrogens with one attached hydrogen (secondary N) is 2. The molecule has 6 heteroatoms.